The van der Waals surface area contributed by atoms with Crippen LogP contribution in [0.15, 0.2) is 18.3 Å². The molecule has 11 heteroatoms. The number of fused-ring (bicyclic) bond motifs is 1. The van der Waals surface area contributed by atoms with E-state index < -0.39 is 42.6 Å². The number of imidazole rings is 1. The lowest BCUT2D eigenvalue weighted by Crippen LogP contribution is -2.47. The van der Waals surface area contributed by atoms with Crippen molar-refractivity contribution in [1.82, 2.24) is 25.2 Å². The summed E-state index contributed by atoms with van der Waals surface area (Å²) in [5.41, 5.74) is 1.61. The first-order chi connectivity index (χ1) is 15.7. The van der Waals surface area contributed by atoms with Gasteiger partial charge in [-0.25, -0.2) is 14.3 Å². The number of carbonyl (C=O) groups is 2. The first-order valence-corrected chi connectivity index (χ1v) is 11.4. The van der Waals surface area contributed by atoms with Crippen molar-refractivity contribution in [3.8, 4) is 0 Å². The Labute approximate surface area is 187 Å². The van der Waals surface area contributed by atoms with E-state index in [2.05, 4.69) is 20.7 Å². The van der Waals surface area contributed by atoms with Crippen molar-refractivity contribution in [2.45, 2.75) is 50.7 Å². The zero-order valence-electron chi connectivity index (χ0n) is 17.9. The molecule has 1 aliphatic heterocycles. The Morgan fingerprint density at radius 2 is 1.94 bits per heavy atom. The number of hydrogen-bond donors (Lipinski definition) is 3. The molecule has 2 aromatic rings. The van der Waals surface area contributed by atoms with Gasteiger partial charge in [-0.1, -0.05) is 0 Å². The maximum Gasteiger partial charge on any atom is 0.405 e. The van der Waals surface area contributed by atoms with Crippen LogP contribution in [-0.4, -0.2) is 44.4 Å². The van der Waals surface area contributed by atoms with Gasteiger partial charge in [-0.15, -0.1) is 0 Å². The molecule has 0 spiro atoms. The van der Waals surface area contributed by atoms with Crippen LogP contribution in [0.25, 0.3) is 5.65 Å². The molecule has 178 valence electrons. The van der Waals surface area contributed by atoms with Crippen molar-refractivity contribution in [2.24, 2.45) is 29.6 Å². The van der Waals surface area contributed by atoms with Crippen LogP contribution in [0.1, 0.15) is 49.5 Å². The van der Waals surface area contributed by atoms with Crippen LogP contribution in [-0.2, 0) is 11.2 Å². The van der Waals surface area contributed by atoms with E-state index in [0.29, 0.717) is 28.9 Å². The number of carbonyl (C=O) groups excluding carboxylic acids is 1. The topological polar surface area (TPSA) is 109 Å². The minimum Gasteiger partial charge on any atom is -0.465 e. The molecule has 0 radical (unpaired) electrons. The van der Waals surface area contributed by atoms with Gasteiger partial charge < -0.3 is 15.7 Å². The monoisotopic (exact) mass is 465 g/mol. The second kappa shape index (κ2) is 8.18. The smallest absolute Gasteiger partial charge is 0.405 e. The second-order valence-corrected chi connectivity index (χ2v) is 9.59. The molecule has 3 heterocycles. The highest BCUT2D eigenvalue weighted by molar-refractivity contribution is 5.79. The first-order valence-electron chi connectivity index (χ1n) is 11.4. The maximum atomic E-state index is 13.1. The lowest BCUT2D eigenvalue weighted by atomic mass is 9.86. The van der Waals surface area contributed by atoms with Gasteiger partial charge in [-0.05, 0) is 62.0 Å². The van der Waals surface area contributed by atoms with E-state index in [1.807, 2.05) is 0 Å². The Balaban J connectivity index is 1.37. The van der Waals surface area contributed by atoms with Crippen molar-refractivity contribution in [3.63, 3.8) is 0 Å². The number of rotatable bonds is 7. The van der Waals surface area contributed by atoms with Crippen molar-refractivity contribution in [1.29, 1.82) is 0 Å². The Bertz CT molecular complexity index is 1050. The molecule has 2 aliphatic carbocycles. The van der Waals surface area contributed by atoms with Crippen LogP contribution < -0.4 is 10.6 Å². The van der Waals surface area contributed by atoms with Gasteiger partial charge in [0.05, 0.1) is 29.5 Å². The number of alkyl halides is 3. The Morgan fingerprint density at radius 1 is 1.24 bits per heavy atom. The lowest BCUT2D eigenvalue weighted by molar-refractivity contribution is -0.183. The van der Waals surface area contributed by atoms with Gasteiger partial charge in [0.15, 0.2) is 5.65 Å². The van der Waals surface area contributed by atoms with E-state index in [0.717, 1.165) is 25.7 Å². The quantitative estimate of drug-likeness (QED) is 0.581. The van der Waals surface area contributed by atoms with Gasteiger partial charge in [0, 0.05) is 18.9 Å². The van der Waals surface area contributed by atoms with Crippen LogP contribution in [0, 0.1) is 29.6 Å². The van der Waals surface area contributed by atoms with Crippen molar-refractivity contribution >= 4 is 17.6 Å². The average molecular weight is 465 g/mol. The van der Waals surface area contributed by atoms with E-state index in [9.17, 15) is 27.9 Å². The Kier molecular flexibility index (Phi) is 5.44. The van der Waals surface area contributed by atoms with Crippen LogP contribution >= 0.6 is 0 Å². The second-order valence-electron chi connectivity index (χ2n) is 9.59. The third kappa shape index (κ3) is 4.77. The van der Waals surface area contributed by atoms with Gasteiger partial charge in [0.25, 0.3) is 0 Å². The SMILES string of the molecule is O=C(O)N[C@H](c1cn2nc(CC3C[C@@H](C(F)(F)F)CNC3=O)ccc2n1)C(C1CC1)C1CC1. The zero-order chi connectivity index (χ0) is 23.3. The number of aromatic nitrogens is 3. The highest BCUT2D eigenvalue weighted by Crippen LogP contribution is 2.54. The predicted octanol–water partition coefficient (Wildman–Crippen LogP) is 3.33. The molecule has 3 N–H and O–H groups in total. The number of hydrogen-bond acceptors (Lipinski definition) is 4. The van der Waals surface area contributed by atoms with E-state index in [1.54, 1.807) is 18.3 Å². The molecule has 3 atom stereocenters. The third-order valence-corrected chi connectivity index (χ3v) is 7.09. The maximum absolute atomic E-state index is 13.1. The van der Waals surface area contributed by atoms with Crippen molar-refractivity contribution < 1.29 is 27.9 Å². The molecule has 8 nitrogen and oxygen atoms in total. The molecule has 3 fully saturated rings. The molecule has 5 rings (SSSR count). The average Bonchev–Trinajstić information content (AvgIpc) is 3.67. The lowest BCUT2D eigenvalue weighted by Gasteiger charge is -2.30. The molecular weight excluding hydrogens is 439 g/mol. The van der Waals surface area contributed by atoms with Gasteiger partial charge in [0.1, 0.15) is 0 Å². The summed E-state index contributed by atoms with van der Waals surface area (Å²) in [5.74, 6) is -1.58. The standard InChI is InChI=1S/C22H26F3N5O3/c23-22(24,25)14-7-13(20(31)26-9-14)8-15-5-6-17-27-16(10-30(17)29-15)19(28-21(32)33)18(11-1-2-11)12-3-4-12/h5-6,10-14,18-19,28H,1-4,7-9H2,(H,26,31)(H,32,33)/t13?,14-,19-/m1/s1. The molecule has 0 bridgehead atoms. The zero-order valence-corrected chi connectivity index (χ0v) is 17.9. The molecular formula is C22H26F3N5O3. The number of piperidine rings is 1. The fourth-order valence-electron chi connectivity index (χ4n) is 5.17. The number of amides is 2. The molecule has 2 amide bonds. The molecule has 1 saturated heterocycles. The van der Waals surface area contributed by atoms with Gasteiger partial charge >= 0.3 is 12.3 Å². The van der Waals surface area contributed by atoms with E-state index >= 15 is 0 Å². The summed E-state index contributed by atoms with van der Waals surface area (Å²) in [4.78, 5) is 28.3. The molecule has 2 aromatic heterocycles. The molecule has 3 aliphatic rings. The minimum absolute atomic E-state index is 0.0887. The van der Waals surface area contributed by atoms with E-state index in [4.69, 9.17) is 0 Å². The molecule has 2 saturated carbocycles. The number of halogens is 3. The van der Waals surface area contributed by atoms with Gasteiger partial charge in [-0.3, -0.25) is 4.79 Å². The summed E-state index contributed by atoms with van der Waals surface area (Å²) in [7, 11) is 0. The van der Waals surface area contributed by atoms with Crippen LogP contribution in [0.5, 0.6) is 0 Å². The molecule has 0 aromatic carbocycles. The van der Waals surface area contributed by atoms with Crippen molar-refractivity contribution in [2.75, 3.05) is 6.54 Å². The normalized spacial score (nSPS) is 24.7. The van der Waals surface area contributed by atoms with Crippen LogP contribution in [0.3, 0.4) is 0 Å². The predicted molar refractivity (Wildman–Crippen MR) is 110 cm³/mol. The summed E-state index contributed by atoms with van der Waals surface area (Å²) in [5, 5.41) is 18.9. The minimum atomic E-state index is -4.35. The first kappa shape index (κ1) is 22.0. The third-order valence-electron chi connectivity index (χ3n) is 7.09. The van der Waals surface area contributed by atoms with Gasteiger partial charge in [0.2, 0.25) is 5.91 Å². The largest absolute Gasteiger partial charge is 0.465 e. The Hall–Kier alpha value is -2.85. The fraction of sp³-hybridized carbons (Fsp3) is 0.636. The van der Waals surface area contributed by atoms with Crippen molar-refractivity contribution in [3.05, 3.63) is 29.7 Å². The van der Waals surface area contributed by atoms with Gasteiger partial charge in [-0.2, -0.15) is 18.3 Å². The number of nitrogens with one attached hydrogen (secondary N) is 2. The summed E-state index contributed by atoms with van der Waals surface area (Å²) in [6, 6.07) is 2.94. The molecule has 33 heavy (non-hydrogen) atoms. The Morgan fingerprint density at radius 3 is 2.55 bits per heavy atom. The van der Waals surface area contributed by atoms with E-state index in [-0.39, 0.29) is 18.8 Å². The van der Waals surface area contributed by atoms with Crippen LogP contribution in [0.2, 0.25) is 0 Å². The summed E-state index contributed by atoms with van der Waals surface area (Å²) >= 11 is 0. The summed E-state index contributed by atoms with van der Waals surface area (Å²) < 4.78 is 40.9. The van der Waals surface area contributed by atoms with Crippen LogP contribution in [0.4, 0.5) is 18.0 Å². The fourth-order valence-corrected chi connectivity index (χ4v) is 5.17. The highest BCUT2D eigenvalue weighted by atomic mass is 19.4. The highest BCUT2D eigenvalue weighted by Gasteiger charge is 2.47. The summed E-state index contributed by atoms with van der Waals surface area (Å²) in [6.07, 6.45) is 0.442. The number of nitrogens with zero attached hydrogens (tertiary/aromatic N) is 3. The van der Waals surface area contributed by atoms with E-state index in [1.165, 1.54) is 4.52 Å². The molecule has 1 unspecified atom stereocenters. The summed E-state index contributed by atoms with van der Waals surface area (Å²) in [6.45, 7) is -0.392. The number of carboxylic acid groups (broad SMARTS) is 1.